The van der Waals surface area contributed by atoms with Gasteiger partial charge in [-0.15, -0.1) is 0 Å². The molecule has 142 valence electrons. The number of aliphatic carboxylic acids is 1. The fraction of sp³-hybridized carbons (Fsp3) is 0.500. The highest BCUT2D eigenvalue weighted by molar-refractivity contribution is 5.98. The van der Waals surface area contributed by atoms with Crippen molar-refractivity contribution >= 4 is 17.7 Å². The Balaban J connectivity index is 1.73. The van der Waals surface area contributed by atoms with Gasteiger partial charge in [-0.3, -0.25) is 19.3 Å². The first-order chi connectivity index (χ1) is 12.3. The molecule has 1 aliphatic rings. The first-order valence-electron chi connectivity index (χ1n) is 8.53. The summed E-state index contributed by atoms with van der Waals surface area (Å²) >= 11 is 0. The molecule has 0 spiro atoms. The van der Waals surface area contributed by atoms with Crippen LogP contribution in [-0.2, 0) is 9.59 Å². The Bertz CT molecular complexity index is 690. The lowest BCUT2D eigenvalue weighted by Gasteiger charge is -2.42. The van der Waals surface area contributed by atoms with E-state index >= 15 is 0 Å². The Morgan fingerprint density at radius 3 is 2.50 bits per heavy atom. The van der Waals surface area contributed by atoms with Gasteiger partial charge in [0.1, 0.15) is 11.6 Å². The van der Waals surface area contributed by atoms with Crippen LogP contribution >= 0.6 is 0 Å². The molecule has 0 aliphatic heterocycles. The van der Waals surface area contributed by atoms with Crippen LogP contribution in [0.4, 0.5) is 8.78 Å². The minimum Gasteiger partial charge on any atom is -0.480 e. The van der Waals surface area contributed by atoms with Crippen molar-refractivity contribution in [1.82, 2.24) is 10.2 Å². The molecule has 0 saturated heterocycles. The molecule has 2 N–H and O–H groups in total. The number of nitrogens with one attached hydrogen (secondary N) is 1. The predicted molar refractivity (Wildman–Crippen MR) is 89.8 cm³/mol. The van der Waals surface area contributed by atoms with Gasteiger partial charge in [-0.1, -0.05) is 6.92 Å². The van der Waals surface area contributed by atoms with Gasteiger partial charge in [-0.25, -0.2) is 8.78 Å². The standard InChI is InChI=1S/C18H22F2N2O4/c1-2-22(10-18(25)26)13-8-12(9-13)21-17(24)6-5-16(23)14-4-3-11(19)7-15(14)20/h3-4,7,12-13H,2,5-6,8-10H2,1H3,(H,21,24)(H,25,26). The second-order valence-electron chi connectivity index (χ2n) is 6.39. The Labute approximate surface area is 150 Å². The molecule has 8 heteroatoms. The average molecular weight is 368 g/mol. The molecule has 1 aromatic carbocycles. The smallest absolute Gasteiger partial charge is 0.317 e. The third-order valence-electron chi connectivity index (χ3n) is 4.55. The number of rotatable bonds is 9. The van der Waals surface area contributed by atoms with Gasteiger partial charge in [0.05, 0.1) is 12.1 Å². The molecule has 0 unspecified atom stereocenters. The summed E-state index contributed by atoms with van der Waals surface area (Å²) in [5.74, 6) is -3.45. The van der Waals surface area contributed by atoms with Crippen molar-refractivity contribution in [2.75, 3.05) is 13.1 Å². The molecule has 1 saturated carbocycles. The minimum absolute atomic E-state index is 0.0282. The number of likely N-dealkylation sites (N-methyl/N-ethyl adjacent to an activating group) is 1. The highest BCUT2D eigenvalue weighted by Gasteiger charge is 2.34. The molecule has 0 radical (unpaired) electrons. The Morgan fingerprint density at radius 2 is 1.92 bits per heavy atom. The third-order valence-corrected chi connectivity index (χ3v) is 4.55. The maximum Gasteiger partial charge on any atom is 0.317 e. The molecule has 1 amide bonds. The molecule has 1 fully saturated rings. The Morgan fingerprint density at radius 1 is 1.23 bits per heavy atom. The number of carbonyl (C=O) groups is 3. The summed E-state index contributed by atoms with van der Waals surface area (Å²) in [6.07, 6.45) is 1.08. The first-order valence-corrected chi connectivity index (χ1v) is 8.53. The second kappa shape index (κ2) is 8.84. The van der Waals surface area contributed by atoms with Gasteiger partial charge in [0.2, 0.25) is 5.91 Å². The number of carboxylic acid groups (broad SMARTS) is 1. The van der Waals surface area contributed by atoms with Gasteiger partial charge in [0.15, 0.2) is 5.78 Å². The number of ketones is 1. The normalized spacial score (nSPS) is 19.1. The van der Waals surface area contributed by atoms with Crippen molar-refractivity contribution in [1.29, 1.82) is 0 Å². The Hall–Kier alpha value is -2.35. The zero-order valence-electron chi connectivity index (χ0n) is 14.5. The van der Waals surface area contributed by atoms with Crippen molar-refractivity contribution in [3.63, 3.8) is 0 Å². The molecule has 0 aromatic heterocycles. The summed E-state index contributed by atoms with van der Waals surface area (Å²) in [6.45, 7) is 2.48. The van der Waals surface area contributed by atoms with E-state index < -0.39 is 23.4 Å². The number of amides is 1. The molecular formula is C18H22F2N2O4. The van der Waals surface area contributed by atoms with Gasteiger partial charge < -0.3 is 10.4 Å². The largest absolute Gasteiger partial charge is 0.480 e. The fourth-order valence-corrected chi connectivity index (χ4v) is 3.05. The average Bonchev–Trinajstić information content (AvgIpc) is 2.53. The van der Waals surface area contributed by atoms with E-state index in [1.54, 1.807) is 0 Å². The first kappa shape index (κ1) is 20.0. The van der Waals surface area contributed by atoms with Crippen LogP contribution in [0.15, 0.2) is 18.2 Å². The SMILES string of the molecule is CCN(CC(=O)O)C1CC(NC(=O)CCC(=O)c2ccc(F)cc2F)C1. The van der Waals surface area contributed by atoms with Crippen molar-refractivity contribution in [2.24, 2.45) is 0 Å². The molecule has 2 rings (SSSR count). The fourth-order valence-electron chi connectivity index (χ4n) is 3.05. The van der Waals surface area contributed by atoms with E-state index in [2.05, 4.69) is 5.32 Å². The van der Waals surface area contributed by atoms with Crippen LogP contribution in [0.5, 0.6) is 0 Å². The summed E-state index contributed by atoms with van der Waals surface area (Å²) in [5.41, 5.74) is -0.227. The number of carbonyl (C=O) groups excluding carboxylic acids is 2. The molecule has 0 bridgehead atoms. The van der Waals surface area contributed by atoms with Crippen LogP contribution in [0, 0.1) is 11.6 Å². The van der Waals surface area contributed by atoms with E-state index in [1.807, 2.05) is 11.8 Å². The van der Waals surface area contributed by atoms with Crippen molar-refractivity contribution in [3.05, 3.63) is 35.4 Å². The topological polar surface area (TPSA) is 86.7 Å². The van der Waals surface area contributed by atoms with E-state index in [1.165, 1.54) is 0 Å². The molecule has 1 aliphatic carbocycles. The summed E-state index contributed by atoms with van der Waals surface area (Å²) < 4.78 is 26.4. The maximum absolute atomic E-state index is 13.5. The number of halogens is 2. The lowest BCUT2D eigenvalue weighted by Crippen LogP contribution is -2.54. The molecular weight excluding hydrogens is 346 g/mol. The van der Waals surface area contributed by atoms with Crippen LogP contribution in [-0.4, -0.2) is 52.8 Å². The van der Waals surface area contributed by atoms with Crippen LogP contribution in [0.2, 0.25) is 0 Å². The maximum atomic E-state index is 13.5. The second-order valence-corrected chi connectivity index (χ2v) is 6.39. The highest BCUT2D eigenvalue weighted by atomic mass is 19.1. The zero-order chi connectivity index (χ0) is 19.3. The number of hydrogen-bond donors (Lipinski definition) is 2. The number of hydrogen-bond acceptors (Lipinski definition) is 4. The summed E-state index contributed by atoms with van der Waals surface area (Å²) in [5, 5.41) is 11.6. The number of Topliss-reactive ketones (excluding diaryl/α,β-unsaturated/α-hetero) is 1. The lowest BCUT2D eigenvalue weighted by molar-refractivity contribution is -0.139. The van der Waals surface area contributed by atoms with E-state index in [9.17, 15) is 23.2 Å². The van der Waals surface area contributed by atoms with Crippen molar-refractivity contribution < 1.29 is 28.3 Å². The van der Waals surface area contributed by atoms with Crippen LogP contribution in [0.1, 0.15) is 43.0 Å². The molecule has 6 nitrogen and oxygen atoms in total. The van der Waals surface area contributed by atoms with Gasteiger partial charge in [-0.2, -0.15) is 0 Å². The van der Waals surface area contributed by atoms with Crippen LogP contribution < -0.4 is 5.32 Å². The zero-order valence-corrected chi connectivity index (χ0v) is 14.5. The number of carboxylic acids is 1. The van der Waals surface area contributed by atoms with Gasteiger partial charge >= 0.3 is 5.97 Å². The van der Waals surface area contributed by atoms with E-state index in [-0.39, 0.29) is 42.9 Å². The minimum atomic E-state index is -0.935. The van der Waals surface area contributed by atoms with Gasteiger partial charge in [-0.05, 0) is 31.5 Å². The van der Waals surface area contributed by atoms with Crippen LogP contribution in [0.25, 0.3) is 0 Å². The molecule has 0 heterocycles. The van der Waals surface area contributed by atoms with E-state index in [0.29, 0.717) is 25.5 Å². The van der Waals surface area contributed by atoms with Crippen molar-refractivity contribution in [2.45, 2.75) is 44.7 Å². The molecule has 0 atom stereocenters. The predicted octanol–water partition coefficient (Wildman–Crippen LogP) is 1.98. The summed E-state index contributed by atoms with van der Waals surface area (Å²) in [7, 11) is 0. The number of nitrogens with zero attached hydrogens (tertiary/aromatic N) is 1. The molecule has 1 aromatic rings. The highest BCUT2D eigenvalue weighted by Crippen LogP contribution is 2.25. The monoisotopic (exact) mass is 368 g/mol. The van der Waals surface area contributed by atoms with Crippen molar-refractivity contribution in [3.8, 4) is 0 Å². The van der Waals surface area contributed by atoms with Gasteiger partial charge in [0.25, 0.3) is 0 Å². The quantitative estimate of drug-likeness (QED) is 0.651. The van der Waals surface area contributed by atoms with E-state index in [0.717, 1.165) is 12.1 Å². The van der Waals surface area contributed by atoms with E-state index in [4.69, 9.17) is 5.11 Å². The lowest BCUT2D eigenvalue weighted by atomic mass is 9.85. The summed E-state index contributed by atoms with van der Waals surface area (Å²) in [6, 6.07) is 2.78. The Kier molecular flexibility index (Phi) is 6.79. The third kappa shape index (κ3) is 5.32. The molecule has 26 heavy (non-hydrogen) atoms. The van der Waals surface area contributed by atoms with Crippen LogP contribution in [0.3, 0.4) is 0 Å². The van der Waals surface area contributed by atoms with Gasteiger partial charge in [0, 0.05) is 31.0 Å². The summed E-state index contributed by atoms with van der Waals surface area (Å²) in [4.78, 5) is 36.5. The number of benzene rings is 1.